The minimum atomic E-state index is 0.304. The summed E-state index contributed by atoms with van der Waals surface area (Å²) in [7, 11) is 0. The normalized spacial score (nSPS) is 30.6. The van der Waals surface area contributed by atoms with Gasteiger partial charge in [0.1, 0.15) is 18.1 Å². The van der Waals surface area contributed by atoms with Crippen LogP contribution in [0.5, 0.6) is 11.5 Å². The molecule has 0 radical (unpaired) electrons. The molecule has 3 nitrogen and oxygen atoms in total. The highest BCUT2D eigenvalue weighted by atomic mass is 16.5. The average Bonchev–Trinajstić information content (AvgIpc) is 3.17. The van der Waals surface area contributed by atoms with Crippen molar-refractivity contribution < 1.29 is 9.84 Å². The molecule has 2 heterocycles. The van der Waals surface area contributed by atoms with E-state index in [1.165, 1.54) is 50.6 Å². The molecule has 0 aromatic heterocycles. The number of likely N-dealkylation sites (tertiary alicyclic amines) is 1. The molecule has 0 amide bonds. The smallest absolute Gasteiger partial charge is 0.127 e. The molecule has 1 N–H and O–H groups in total. The Balaban J connectivity index is 1.59. The molecule has 0 spiro atoms. The van der Waals surface area contributed by atoms with Crippen LogP contribution in [0.25, 0.3) is 0 Å². The standard InChI is InChI=1S/C17H23NO2/c19-13-7-8-14-16(11-20-17(14)10-13)18-9-3-6-15(18)12-4-1-2-5-12/h7-8,10,12,15-16,19H,1-6,9,11H2. The number of aromatic hydroxyl groups is 1. The molecule has 1 aromatic carbocycles. The second kappa shape index (κ2) is 4.96. The third-order valence-electron chi connectivity index (χ3n) is 5.44. The van der Waals surface area contributed by atoms with E-state index in [4.69, 9.17) is 4.74 Å². The number of hydrogen-bond donors (Lipinski definition) is 1. The first kappa shape index (κ1) is 12.5. The first-order valence-corrected chi connectivity index (χ1v) is 8.04. The predicted molar refractivity (Wildman–Crippen MR) is 78.0 cm³/mol. The summed E-state index contributed by atoms with van der Waals surface area (Å²) in [5.41, 5.74) is 1.27. The van der Waals surface area contributed by atoms with Gasteiger partial charge in [0.25, 0.3) is 0 Å². The van der Waals surface area contributed by atoms with Gasteiger partial charge in [0.05, 0.1) is 6.04 Å². The number of rotatable bonds is 2. The molecule has 1 saturated heterocycles. The summed E-state index contributed by atoms with van der Waals surface area (Å²) in [6.45, 7) is 1.96. The van der Waals surface area contributed by atoms with Crippen LogP contribution in [0.3, 0.4) is 0 Å². The fourth-order valence-corrected chi connectivity index (χ4v) is 4.51. The lowest BCUT2D eigenvalue weighted by Gasteiger charge is -2.33. The molecule has 2 aliphatic heterocycles. The molecular formula is C17H23NO2. The summed E-state index contributed by atoms with van der Waals surface area (Å²) in [4.78, 5) is 2.69. The molecule has 3 aliphatic rings. The summed E-state index contributed by atoms with van der Waals surface area (Å²) in [5, 5.41) is 9.58. The molecule has 1 aliphatic carbocycles. The number of phenols is 1. The van der Waals surface area contributed by atoms with Crippen LogP contribution in [-0.4, -0.2) is 29.2 Å². The van der Waals surface area contributed by atoms with Crippen LogP contribution < -0.4 is 4.74 Å². The lowest BCUT2D eigenvalue weighted by Crippen LogP contribution is -2.38. The fourth-order valence-electron chi connectivity index (χ4n) is 4.51. The van der Waals surface area contributed by atoms with Gasteiger partial charge < -0.3 is 9.84 Å². The Hall–Kier alpha value is -1.22. The lowest BCUT2D eigenvalue weighted by molar-refractivity contribution is 0.115. The molecule has 2 unspecified atom stereocenters. The quantitative estimate of drug-likeness (QED) is 0.895. The van der Waals surface area contributed by atoms with Crippen LogP contribution in [0.1, 0.15) is 50.1 Å². The summed E-state index contributed by atoms with van der Waals surface area (Å²) in [6, 6.07) is 6.76. The molecule has 2 atom stereocenters. The van der Waals surface area contributed by atoms with Crippen molar-refractivity contribution in [2.24, 2.45) is 5.92 Å². The van der Waals surface area contributed by atoms with Crippen molar-refractivity contribution in [3.8, 4) is 11.5 Å². The number of phenolic OH excluding ortho intramolecular Hbond substituents is 1. The average molecular weight is 273 g/mol. The van der Waals surface area contributed by atoms with Gasteiger partial charge >= 0.3 is 0 Å². The zero-order chi connectivity index (χ0) is 13.5. The maximum Gasteiger partial charge on any atom is 0.127 e. The predicted octanol–water partition coefficient (Wildman–Crippen LogP) is 3.48. The summed E-state index contributed by atoms with van der Waals surface area (Å²) >= 11 is 0. The van der Waals surface area contributed by atoms with Crippen molar-refractivity contribution >= 4 is 0 Å². The Kier molecular flexibility index (Phi) is 3.10. The molecule has 4 rings (SSSR count). The third kappa shape index (κ3) is 1.99. The van der Waals surface area contributed by atoms with E-state index in [0.29, 0.717) is 11.8 Å². The van der Waals surface area contributed by atoms with Crippen LogP contribution in [0.15, 0.2) is 18.2 Å². The van der Waals surface area contributed by atoms with E-state index < -0.39 is 0 Å². The van der Waals surface area contributed by atoms with Crippen molar-refractivity contribution in [3.63, 3.8) is 0 Å². The van der Waals surface area contributed by atoms with Crippen LogP contribution in [0.2, 0.25) is 0 Å². The molecule has 0 bridgehead atoms. The first-order chi connectivity index (χ1) is 9.83. The molecule has 3 heteroatoms. The van der Waals surface area contributed by atoms with E-state index in [9.17, 15) is 5.11 Å². The van der Waals surface area contributed by atoms with Crippen LogP contribution in [0, 0.1) is 5.92 Å². The van der Waals surface area contributed by atoms with Gasteiger partial charge in [-0.3, -0.25) is 4.90 Å². The van der Waals surface area contributed by atoms with Gasteiger partial charge in [-0.15, -0.1) is 0 Å². The van der Waals surface area contributed by atoms with Crippen LogP contribution in [0.4, 0.5) is 0 Å². The Bertz CT molecular complexity index is 496. The van der Waals surface area contributed by atoms with Gasteiger partial charge in [-0.1, -0.05) is 12.8 Å². The molecule has 1 saturated carbocycles. The largest absolute Gasteiger partial charge is 0.508 e. The Labute approximate surface area is 120 Å². The van der Waals surface area contributed by atoms with Crippen LogP contribution >= 0.6 is 0 Å². The summed E-state index contributed by atoms with van der Waals surface area (Å²) in [6.07, 6.45) is 8.34. The zero-order valence-corrected chi connectivity index (χ0v) is 11.9. The highest BCUT2D eigenvalue weighted by Crippen LogP contribution is 2.44. The number of nitrogens with zero attached hydrogens (tertiary/aromatic N) is 1. The highest BCUT2D eigenvalue weighted by molar-refractivity contribution is 5.44. The van der Waals surface area contributed by atoms with E-state index in [1.807, 2.05) is 6.07 Å². The van der Waals surface area contributed by atoms with Gasteiger partial charge in [-0.25, -0.2) is 0 Å². The van der Waals surface area contributed by atoms with E-state index in [0.717, 1.165) is 24.3 Å². The van der Waals surface area contributed by atoms with Crippen molar-refractivity contribution in [1.29, 1.82) is 0 Å². The van der Waals surface area contributed by atoms with Gasteiger partial charge in [-0.05, 0) is 50.3 Å². The van der Waals surface area contributed by atoms with Gasteiger partial charge in [-0.2, -0.15) is 0 Å². The van der Waals surface area contributed by atoms with Crippen molar-refractivity contribution in [2.45, 2.75) is 50.6 Å². The van der Waals surface area contributed by atoms with Crippen molar-refractivity contribution in [1.82, 2.24) is 4.90 Å². The Morgan fingerprint density at radius 1 is 1.10 bits per heavy atom. The first-order valence-electron chi connectivity index (χ1n) is 8.04. The van der Waals surface area contributed by atoms with Gasteiger partial charge in [0.2, 0.25) is 0 Å². The van der Waals surface area contributed by atoms with Gasteiger partial charge in [0, 0.05) is 17.7 Å². The summed E-state index contributed by atoms with van der Waals surface area (Å²) < 4.78 is 5.81. The second-order valence-electron chi connectivity index (χ2n) is 6.54. The lowest BCUT2D eigenvalue weighted by atomic mass is 9.94. The zero-order valence-electron chi connectivity index (χ0n) is 11.9. The molecule has 2 fully saturated rings. The molecule has 108 valence electrons. The molecule has 20 heavy (non-hydrogen) atoms. The number of benzene rings is 1. The number of fused-ring (bicyclic) bond motifs is 1. The highest BCUT2D eigenvalue weighted by Gasteiger charge is 2.40. The van der Waals surface area contributed by atoms with Crippen molar-refractivity contribution in [3.05, 3.63) is 23.8 Å². The fraction of sp³-hybridized carbons (Fsp3) is 0.647. The second-order valence-corrected chi connectivity index (χ2v) is 6.54. The molecule has 1 aromatic rings. The maximum atomic E-state index is 9.58. The molecular weight excluding hydrogens is 250 g/mol. The minimum absolute atomic E-state index is 0.304. The monoisotopic (exact) mass is 273 g/mol. The SMILES string of the molecule is Oc1ccc2c(c1)OCC2N1CCCC1C1CCCC1. The Morgan fingerprint density at radius 3 is 2.80 bits per heavy atom. The number of hydrogen-bond acceptors (Lipinski definition) is 3. The summed E-state index contributed by atoms with van der Waals surface area (Å²) in [5.74, 6) is 2.09. The van der Waals surface area contributed by atoms with E-state index >= 15 is 0 Å². The topological polar surface area (TPSA) is 32.7 Å². The van der Waals surface area contributed by atoms with Crippen LogP contribution in [-0.2, 0) is 0 Å². The van der Waals surface area contributed by atoms with E-state index in [-0.39, 0.29) is 0 Å². The maximum absolute atomic E-state index is 9.58. The van der Waals surface area contributed by atoms with Gasteiger partial charge in [0.15, 0.2) is 0 Å². The number of ether oxygens (including phenoxy) is 1. The Morgan fingerprint density at radius 2 is 1.95 bits per heavy atom. The third-order valence-corrected chi connectivity index (χ3v) is 5.44. The van der Waals surface area contributed by atoms with E-state index in [2.05, 4.69) is 4.90 Å². The van der Waals surface area contributed by atoms with Crippen molar-refractivity contribution in [2.75, 3.05) is 13.2 Å². The minimum Gasteiger partial charge on any atom is -0.508 e. The van der Waals surface area contributed by atoms with E-state index in [1.54, 1.807) is 12.1 Å².